The Morgan fingerprint density at radius 3 is 2.82 bits per heavy atom. The largest absolute Gasteiger partial charge is 0.339 e. The molecule has 0 aromatic carbocycles. The zero-order chi connectivity index (χ0) is 12.3. The highest BCUT2D eigenvalue weighted by Gasteiger charge is 2.09. The summed E-state index contributed by atoms with van der Waals surface area (Å²) in [4.78, 5) is 19.5. The fourth-order valence-electron chi connectivity index (χ4n) is 1.25. The Bertz CT molecular complexity index is 517. The monoisotopic (exact) mass is 236 g/mol. The molecule has 8 nitrogen and oxygen atoms in total. The first-order chi connectivity index (χ1) is 8.13. The Morgan fingerprint density at radius 2 is 2.24 bits per heavy atom. The Balaban J connectivity index is 1.82. The number of hydrogen-bond donors (Lipinski definition) is 2. The summed E-state index contributed by atoms with van der Waals surface area (Å²) in [5, 5.41) is 12.6. The second-order valence-corrected chi connectivity index (χ2v) is 3.53. The Morgan fingerprint density at radius 1 is 1.41 bits per heavy atom. The van der Waals surface area contributed by atoms with Crippen LogP contribution in [0.3, 0.4) is 0 Å². The molecule has 0 spiro atoms. The van der Waals surface area contributed by atoms with E-state index in [1.54, 1.807) is 13.8 Å². The summed E-state index contributed by atoms with van der Waals surface area (Å²) in [7, 11) is 0. The first-order valence-electron chi connectivity index (χ1n) is 5.11. The first kappa shape index (κ1) is 11.2. The molecule has 0 unspecified atom stereocenters. The number of aryl methyl sites for hydroxylation is 3. The van der Waals surface area contributed by atoms with Crippen molar-refractivity contribution in [2.75, 3.05) is 5.32 Å². The number of hydrogen-bond acceptors (Lipinski definition) is 6. The third-order valence-corrected chi connectivity index (χ3v) is 1.98. The van der Waals surface area contributed by atoms with Crippen LogP contribution in [-0.4, -0.2) is 31.2 Å². The number of nitrogens with zero attached hydrogens (tertiary/aromatic N) is 4. The van der Waals surface area contributed by atoms with Gasteiger partial charge in [-0.3, -0.25) is 15.2 Å². The van der Waals surface area contributed by atoms with Crippen molar-refractivity contribution in [2.45, 2.75) is 26.7 Å². The van der Waals surface area contributed by atoms with Gasteiger partial charge in [-0.2, -0.15) is 9.97 Å². The minimum Gasteiger partial charge on any atom is -0.339 e. The molecule has 0 fully saturated rings. The molecule has 0 bridgehead atoms. The first-order valence-corrected chi connectivity index (χ1v) is 5.11. The van der Waals surface area contributed by atoms with Gasteiger partial charge < -0.3 is 4.52 Å². The quantitative estimate of drug-likeness (QED) is 0.793. The zero-order valence-corrected chi connectivity index (χ0v) is 9.52. The lowest BCUT2D eigenvalue weighted by Gasteiger charge is -1.97. The molecule has 0 aliphatic heterocycles. The van der Waals surface area contributed by atoms with Crippen molar-refractivity contribution in [3.8, 4) is 0 Å². The highest BCUT2D eigenvalue weighted by molar-refractivity contribution is 5.88. The number of carbonyl (C=O) groups is 1. The summed E-state index contributed by atoms with van der Waals surface area (Å²) in [6, 6.07) is 0. The predicted octanol–water partition coefficient (Wildman–Crippen LogP) is 0.376. The minimum absolute atomic E-state index is 0.195. The lowest BCUT2D eigenvalue weighted by Crippen LogP contribution is -2.13. The molecule has 17 heavy (non-hydrogen) atoms. The average Bonchev–Trinajstić information content (AvgIpc) is 2.85. The van der Waals surface area contributed by atoms with Crippen LogP contribution in [0.4, 0.5) is 5.95 Å². The molecule has 2 aromatic heterocycles. The zero-order valence-electron chi connectivity index (χ0n) is 9.52. The van der Waals surface area contributed by atoms with Gasteiger partial charge in [0, 0.05) is 12.8 Å². The van der Waals surface area contributed by atoms with E-state index in [4.69, 9.17) is 4.52 Å². The molecule has 0 aliphatic carbocycles. The molecule has 2 N–H and O–H groups in total. The van der Waals surface area contributed by atoms with E-state index in [1.807, 2.05) is 0 Å². The molecule has 0 saturated carbocycles. The second kappa shape index (κ2) is 4.73. The Hall–Kier alpha value is -2.25. The van der Waals surface area contributed by atoms with Crippen LogP contribution in [0.1, 0.15) is 24.0 Å². The highest BCUT2D eigenvalue weighted by atomic mass is 16.5. The molecule has 0 saturated heterocycles. The van der Waals surface area contributed by atoms with Crippen molar-refractivity contribution in [3.63, 3.8) is 0 Å². The smallest absolute Gasteiger partial charge is 0.248 e. The minimum atomic E-state index is -0.195. The van der Waals surface area contributed by atoms with Gasteiger partial charge in [-0.05, 0) is 13.8 Å². The molecule has 2 aromatic rings. The van der Waals surface area contributed by atoms with Crippen molar-refractivity contribution < 1.29 is 9.32 Å². The van der Waals surface area contributed by atoms with Crippen molar-refractivity contribution in [2.24, 2.45) is 0 Å². The van der Waals surface area contributed by atoms with E-state index in [0.717, 1.165) is 0 Å². The Kier molecular flexibility index (Phi) is 3.12. The Labute approximate surface area is 96.8 Å². The van der Waals surface area contributed by atoms with Gasteiger partial charge in [-0.1, -0.05) is 5.16 Å². The van der Waals surface area contributed by atoms with Crippen LogP contribution in [0.15, 0.2) is 4.52 Å². The molecule has 90 valence electrons. The summed E-state index contributed by atoms with van der Waals surface area (Å²) < 4.78 is 4.89. The average molecular weight is 236 g/mol. The molecule has 1 amide bonds. The third-order valence-electron chi connectivity index (χ3n) is 1.98. The molecule has 0 atom stereocenters. The molecule has 2 heterocycles. The number of carbonyl (C=O) groups excluding carboxylic acids is 1. The van der Waals surface area contributed by atoms with Gasteiger partial charge in [0.15, 0.2) is 5.82 Å². The van der Waals surface area contributed by atoms with Gasteiger partial charge >= 0.3 is 0 Å². The van der Waals surface area contributed by atoms with E-state index in [9.17, 15) is 4.79 Å². The summed E-state index contributed by atoms with van der Waals surface area (Å²) in [6.45, 7) is 3.48. The number of rotatable bonds is 4. The maximum Gasteiger partial charge on any atom is 0.248 e. The fraction of sp³-hybridized carbons (Fsp3) is 0.444. The van der Waals surface area contributed by atoms with Crippen LogP contribution in [0, 0.1) is 13.8 Å². The number of anilines is 1. The van der Waals surface area contributed by atoms with Crippen LogP contribution < -0.4 is 5.32 Å². The summed E-state index contributed by atoms with van der Waals surface area (Å²) >= 11 is 0. The molecule has 0 radical (unpaired) electrons. The van der Waals surface area contributed by atoms with Gasteiger partial charge in [0.1, 0.15) is 5.82 Å². The third kappa shape index (κ3) is 3.10. The van der Waals surface area contributed by atoms with Crippen molar-refractivity contribution in [3.05, 3.63) is 17.5 Å². The maximum atomic E-state index is 11.5. The second-order valence-electron chi connectivity index (χ2n) is 3.53. The fourth-order valence-corrected chi connectivity index (χ4v) is 1.25. The van der Waals surface area contributed by atoms with Gasteiger partial charge in [0.2, 0.25) is 17.7 Å². The molecular formula is C9H12N6O2. The van der Waals surface area contributed by atoms with Gasteiger partial charge in [-0.15, -0.1) is 5.10 Å². The number of amides is 1. The van der Waals surface area contributed by atoms with Crippen molar-refractivity contribution >= 4 is 11.9 Å². The molecule has 8 heteroatoms. The van der Waals surface area contributed by atoms with E-state index in [-0.39, 0.29) is 18.3 Å². The lowest BCUT2D eigenvalue weighted by molar-refractivity contribution is -0.116. The normalized spacial score (nSPS) is 10.5. The van der Waals surface area contributed by atoms with Crippen molar-refractivity contribution in [1.82, 2.24) is 25.3 Å². The van der Waals surface area contributed by atoms with E-state index in [2.05, 4.69) is 30.6 Å². The highest BCUT2D eigenvalue weighted by Crippen LogP contribution is 2.02. The summed E-state index contributed by atoms with van der Waals surface area (Å²) in [6.07, 6.45) is 0.644. The molecular weight excluding hydrogens is 224 g/mol. The van der Waals surface area contributed by atoms with Crippen LogP contribution >= 0.6 is 0 Å². The van der Waals surface area contributed by atoms with E-state index >= 15 is 0 Å². The van der Waals surface area contributed by atoms with E-state index in [1.165, 1.54) is 0 Å². The standard InChI is InChI=1S/C9H12N6O2/c1-5-11-9(14-13-5)12-7(16)3-4-8-10-6(2)15-17-8/h3-4H2,1-2H3,(H2,11,12,13,14,16). The predicted molar refractivity (Wildman–Crippen MR) is 57.1 cm³/mol. The summed E-state index contributed by atoms with van der Waals surface area (Å²) in [5.41, 5.74) is 0. The lowest BCUT2D eigenvalue weighted by atomic mass is 10.3. The van der Waals surface area contributed by atoms with Crippen LogP contribution in [0.2, 0.25) is 0 Å². The van der Waals surface area contributed by atoms with E-state index < -0.39 is 0 Å². The topological polar surface area (TPSA) is 110 Å². The molecule has 0 aliphatic rings. The SMILES string of the molecule is Cc1noc(CCC(=O)Nc2n[nH]c(C)n2)n1. The summed E-state index contributed by atoms with van der Waals surface area (Å²) in [5.74, 6) is 1.73. The maximum absolute atomic E-state index is 11.5. The van der Waals surface area contributed by atoms with E-state index in [0.29, 0.717) is 24.0 Å². The number of aromatic amines is 1. The number of aromatic nitrogens is 5. The molecule has 2 rings (SSSR count). The number of nitrogens with one attached hydrogen (secondary N) is 2. The van der Waals surface area contributed by atoms with Gasteiger partial charge in [-0.25, -0.2) is 0 Å². The van der Waals surface area contributed by atoms with Crippen LogP contribution in [-0.2, 0) is 11.2 Å². The van der Waals surface area contributed by atoms with Gasteiger partial charge in [0.05, 0.1) is 0 Å². The van der Waals surface area contributed by atoms with Crippen molar-refractivity contribution in [1.29, 1.82) is 0 Å². The van der Waals surface area contributed by atoms with Gasteiger partial charge in [0.25, 0.3) is 0 Å². The van der Waals surface area contributed by atoms with Crippen LogP contribution in [0.5, 0.6) is 0 Å². The van der Waals surface area contributed by atoms with Crippen LogP contribution in [0.25, 0.3) is 0 Å². The number of H-pyrrole nitrogens is 1.